The number of carbonyl (C=O) groups is 1. The molecule has 3 N–H and O–H groups in total. The lowest BCUT2D eigenvalue weighted by Crippen LogP contribution is -2.30. The van der Waals surface area contributed by atoms with Crippen molar-refractivity contribution in [3.8, 4) is 0 Å². The van der Waals surface area contributed by atoms with Gasteiger partial charge in [-0.1, -0.05) is 0 Å². The molecule has 1 rings (SSSR count). The van der Waals surface area contributed by atoms with Gasteiger partial charge in [0.05, 0.1) is 10.8 Å². The molecule has 0 bridgehead atoms. The van der Waals surface area contributed by atoms with E-state index in [1.165, 1.54) is 7.11 Å². The van der Waals surface area contributed by atoms with Crippen molar-refractivity contribution in [3.05, 3.63) is 23.8 Å². The first kappa shape index (κ1) is 16.5. The summed E-state index contributed by atoms with van der Waals surface area (Å²) in [4.78, 5) is 10.8. The number of nitrogen functional groups attached to an aromatic ring is 1. The molecule has 0 saturated carbocycles. The van der Waals surface area contributed by atoms with Gasteiger partial charge in [-0.25, -0.2) is 8.78 Å². The molecule has 1 unspecified atom stereocenters. The van der Waals surface area contributed by atoms with Crippen LogP contribution in [-0.2, 0) is 20.3 Å². The van der Waals surface area contributed by atoms with Gasteiger partial charge in [-0.2, -0.15) is 0 Å². The number of rotatable bonds is 7. The molecule has 5 nitrogen and oxygen atoms in total. The minimum Gasteiger partial charge on any atom is -0.399 e. The second-order valence-corrected chi connectivity index (χ2v) is 5.39. The van der Waals surface area contributed by atoms with Crippen molar-refractivity contribution < 1.29 is 22.5 Å². The van der Waals surface area contributed by atoms with E-state index < -0.39 is 39.0 Å². The number of anilines is 1. The quantitative estimate of drug-likeness (QED) is 0.577. The second kappa shape index (κ2) is 7.91. The molecule has 1 amide bonds. The Morgan fingerprint density at radius 1 is 1.40 bits per heavy atom. The molecule has 8 heteroatoms. The molecule has 1 atom stereocenters. The van der Waals surface area contributed by atoms with Crippen molar-refractivity contribution >= 4 is 22.4 Å². The number of nitrogens with two attached hydrogens (primary N) is 1. The average Bonchev–Trinajstić information content (AvgIpc) is 2.33. The van der Waals surface area contributed by atoms with Crippen LogP contribution < -0.4 is 11.1 Å². The highest BCUT2D eigenvalue weighted by Crippen LogP contribution is 2.20. The van der Waals surface area contributed by atoms with Gasteiger partial charge in [-0.15, -0.1) is 0 Å². The Morgan fingerprint density at radius 2 is 2.00 bits per heavy atom. The van der Waals surface area contributed by atoms with E-state index in [-0.39, 0.29) is 5.69 Å². The van der Waals surface area contributed by atoms with Crippen LogP contribution in [0, 0.1) is 11.6 Å². The molecule has 0 radical (unpaired) electrons. The van der Waals surface area contributed by atoms with Crippen LogP contribution in [0.2, 0.25) is 0 Å². The topological polar surface area (TPSA) is 81.4 Å². The van der Waals surface area contributed by atoms with Crippen LogP contribution in [0.4, 0.5) is 14.5 Å². The molecule has 20 heavy (non-hydrogen) atoms. The number of nitrogens with one attached hydrogen (secondary N) is 1. The zero-order valence-electron chi connectivity index (χ0n) is 10.9. The van der Waals surface area contributed by atoms with E-state index in [1.807, 2.05) is 0 Å². The Hall–Kier alpha value is -1.54. The summed E-state index contributed by atoms with van der Waals surface area (Å²) in [6.07, 6.45) is 0.597. The van der Waals surface area contributed by atoms with E-state index in [2.05, 4.69) is 5.32 Å². The summed E-state index contributed by atoms with van der Waals surface area (Å²) in [5.74, 6) is -3.10. The van der Waals surface area contributed by atoms with Crippen LogP contribution in [0.3, 0.4) is 0 Å². The van der Waals surface area contributed by atoms with Crippen LogP contribution >= 0.6 is 0 Å². The average molecular weight is 306 g/mol. The lowest BCUT2D eigenvalue weighted by Gasteiger charge is -2.07. The third-order valence-electron chi connectivity index (χ3n) is 2.36. The van der Waals surface area contributed by atoms with Crippen molar-refractivity contribution in [1.82, 2.24) is 5.32 Å². The van der Waals surface area contributed by atoms with E-state index >= 15 is 0 Å². The summed E-state index contributed by atoms with van der Waals surface area (Å²) in [5.41, 5.74) is 5.15. The normalized spacial score (nSPS) is 12.2. The summed E-state index contributed by atoms with van der Waals surface area (Å²) in [6, 6.07) is 1.74. The summed E-state index contributed by atoms with van der Waals surface area (Å²) < 4.78 is 43.6. The summed E-state index contributed by atoms with van der Waals surface area (Å²) >= 11 is 0. The molecule has 0 aliphatic carbocycles. The highest BCUT2D eigenvalue weighted by atomic mass is 32.2. The molecular weight excluding hydrogens is 290 g/mol. The minimum absolute atomic E-state index is 0.107. The Labute approximate surface area is 117 Å². The van der Waals surface area contributed by atoms with Crippen molar-refractivity contribution in [3.63, 3.8) is 0 Å². The first-order chi connectivity index (χ1) is 9.45. The van der Waals surface area contributed by atoms with Crippen LogP contribution in [0.15, 0.2) is 17.0 Å². The molecule has 0 saturated heterocycles. The van der Waals surface area contributed by atoms with Gasteiger partial charge in [0.1, 0.15) is 22.3 Å². The largest absolute Gasteiger partial charge is 0.399 e. The highest BCUT2D eigenvalue weighted by Gasteiger charge is 2.19. The lowest BCUT2D eigenvalue weighted by atomic mass is 10.3. The molecule has 0 aliphatic heterocycles. The Balaban J connectivity index is 2.61. The van der Waals surface area contributed by atoms with Gasteiger partial charge in [-0.3, -0.25) is 9.00 Å². The standard InChI is InChI=1S/C12H16F2N2O3S/c1-19-4-2-3-16-11(17)7-20(18)12-9(13)5-8(15)6-10(12)14/h5-6H,2-4,7,15H2,1H3,(H,16,17). The maximum atomic E-state index is 13.5. The van der Waals surface area contributed by atoms with E-state index in [9.17, 15) is 17.8 Å². The highest BCUT2D eigenvalue weighted by molar-refractivity contribution is 7.85. The first-order valence-corrected chi connectivity index (χ1v) is 7.16. The number of hydrogen-bond donors (Lipinski definition) is 2. The second-order valence-electron chi connectivity index (χ2n) is 4.00. The number of ether oxygens (including phenoxy) is 1. The minimum atomic E-state index is -2.10. The Bertz CT molecular complexity index is 488. The molecule has 0 spiro atoms. The number of benzene rings is 1. The maximum absolute atomic E-state index is 13.5. The predicted octanol–water partition coefficient (Wildman–Crippen LogP) is 0.807. The van der Waals surface area contributed by atoms with Crippen molar-refractivity contribution in [2.45, 2.75) is 11.3 Å². The van der Waals surface area contributed by atoms with Gasteiger partial charge in [0, 0.05) is 25.9 Å². The number of hydrogen-bond acceptors (Lipinski definition) is 4. The molecule has 0 aliphatic rings. The third kappa shape index (κ3) is 4.86. The van der Waals surface area contributed by atoms with Gasteiger partial charge in [-0.05, 0) is 18.6 Å². The summed E-state index contributed by atoms with van der Waals surface area (Å²) in [6.45, 7) is 0.821. The first-order valence-electron chi connectivity index (χ1n) is 5.84. The van der Waals surface area contributed by atoms with Gasteiger partial charge in [0.2, 0.25) is 5.91 Å². The number of halogens is 2. The van der Waals surface area contributed by atoms with Crippen molar-refractivity contribution in [2.24, 2.45) is 0 Å². The third-order valence-corrected chi connectivity index (χ3v) is 3.73. The fourth-order valence-electron chi connectivity index (χ4n) is 1.48. The number of methoxy groups -OCH3 is 1. The van der Waals surface area contributed by atoms with Crippen LogP contribution in [-0.4, -0.2) is 36.1 Å². The molecule has 1 aromatic rings. The Kier molecular flexibility index (Phi) is 6.53. The molecular formula is C12H16F2N2O3S. The fourth-order valence-corrected chi connectivity index (χ4v) is 2.52. The number of amides is 1. The van der Waals surface area contributed by atoms with Gasteiger partial charge < -0.3 is 15.8 Å². The van der Waals surface area contributed by atoms with Crippen molar-refractivity contribution in [1.29, 1.82) is 0 Å². The molecule has 0 fully saturated rings. The van der Waals surface area contributed by atoms with Crippen LogP contribution in [0.5, 0.6) is 0 Å². The SMILES string of the molecule is COCCCNC(=O)CS(=O)c1c(F)cc(N)cc1F. The van der Waals surface area contributed by atoms with Gasteiger partial charge in [0.15, 0.2) is 0 Å². The predicted molar refractivity (Wildman–Crippen MR) is 71.5 cm³/mol. The van der Waals surface area contributed by atoms with E-state index in [4.69, 9.17) is 10.5 Å². The number of carbonyl (C=O) groups excluding carboxylic acids is 1. The molecule has 0 aromatic heterocycles. The fraction of sp³-hybridized carbons (Fsp3) is 0.417. The zero-order chi connectivity index (χ0) is 15.1. The van der Waals surface area contributed by atoms with Gasteiger partial charge >= 0.3 is 0 Å². The summed E-state index contributed by atoms with van der Waals surface area (Å²) in [7, 11) is -0.570. The smallest absolute Gasteiger partial charge is 0.233 e. The van der Waals surface area contributed by atoms with Crippen molar-refractivity contribution in [2.75, 3.05) is 31.7 Å². The zero-order valence-corrected chi connectivity index (χ0v) is 11.8. The maximum Gasteiger partial charge on any atom is 0.233 e. The molecule has 0 heterocycles. The molecule has 112 valence electrons. The van der Waals surface area contributed by atoms with E-state index in [0.717, 1.165) is 12.1 Å². The lowest BCUT2D eigenvalue weighted by molar-refractivity contribution is -0.118. The Morgan fingerprint density at radius 3 is 2.55 bits per heavy atom. The van der Waals surface area contributed by atoms with Gasteiger partial charge in [0.25, 0.3) is 0 Å². The summed E-state index contributed by atoms with van der Waals surface area (Å²) in [5, 5.41) is 2.49. The van der Waals surface area contributed by atoms with Crippen LogP contribution in [0.25, 0.3) is 0 Å². The monoisotopic (exact) mass is 306 g/mol. The van der Waals surface area contributed by atoms with E-state index in [0.29, 0.717) is 19.6 Å². The van der Waals surface area contributed by atoms with E-state index in [1.54, 1.807) is 0 Å². The van der Waals surface area contributed by atoms with Crippen LogP contribution in [0.1, 0.15) is 6.42 Å². The molecule has 1 aromatic carbocycles.